The number of ether oxygens (including phenoxy) is 2. The van der Waals surface area contributed by atoms with Crippen LogP contribution in [0.4, 0.5) is 0 Å². The van der Waals surface area contributed by atoms with Crippen LogP contribution in [0.2, 0.25) is 0 Å². The second kappa shape index (κ2) is 9.35. The summed E-state index contributed by atoms with van der Waals surface area (Å²) in [6.07, 6.45) is 3.24. The molecule has 2 aliphatic heterocycles. The summed E-state index contributed by atoms with van der Waals surface area (Å²) < 4.78 is 10.8. The van der Waals surface area contributed by atoms with Crippen LogP contribution in [-0.4, -0.2) is 67.4 Å². The first-order valence-corrected chi connectivity index (χ1v) is 11.0. The quantitative estimate of drug-likeness (QED) is 0.712. The summed E-state index contributed by atoms with van der Waals surface area (Å²) >= 11 is 0. The lowest BCUT2D eigenvalue weighted by Gasteiger charge is -2.35. The van der Waals surface area contributed by atoms with Crippen molar-refractivity contribution in [3.63, 3.8) is 0 Å². The molecule has 1 aromatic rings. The lowest BCUT2D eigenvalue weighted by Crippen LogP contribution is -2.42. The van der Waals surface area contributed by atoms with Crippen molar-refractivity contribution in [1.82, 2.24) is 10.2 Å². The van der Waals surface area contributed by atoms with Gasteiger partial charge in [-0.15, -0.1) is 0 Å². The highest BCUT2D eigenvalue weighted by Gasteiger charge is 2.44. The van der Waals surface area contributed by atoms with Gasteiger partial charge in [0.25, 0.3) is 0 Å². The Hall–Kier alpha value is -2.12. The van der Waals surface area contributed by atoms with Gasteiger partial charge >= 0.3 is 5.97 Å². The number of fused-ring (bicyclic) bond motifs is 1. The molecule has 0 radical (unpaired) electrons. The average molecular weight is 417 g/mol. The van der Waals surface area contributed by atoms with Crippen LogP contribution >= 0.6 is 0 Å². The molecule has 30 heavy (non-hydrogen) atoms. The molecule has 2 N–H and O–H groups in total. The third-order valence-electron chi connectivity index (χ3n) is 6.90. The number of carbonyl (C=O) groups excluding carboxylic acids is 2. The van der Waals surface area contributed by atoms with E-state index in [-0.39, 0.29) is 12.0 Å². The molecular formula is C23H32N2O5. The first kappa shape index (κ1) is 21.1. The number of aliphatic hydroxyl groups excluding tert-OH is 1. The SMILES string of the molecule is COC(=O)c1cccc(O[C@@H]2C[C@@H]3CN(C(=O)CC4CCNCC4)C[C@@H]3C[C@H]2O)c1. The van der Waals surface area contributed by atoms with Gasteiger partial charge in [0.1, 0.15) is 11.9 Å². The molecule has 4 rings (SSSR count). The number of piperidine rings is 1. The van der Waals surface area contributed by atoms with Crippen LogP contribution in [-0.2, 0) is 9.53 Å². The first-order chi connectivity index (χ1) is 14.5. The van der Waals surface area contributed by atoms with E-state index in [4.69, 9.17) is 9.47 Å². The minimum absolute atomic E-state index is 0.258. The van der Waals surface area contributed by atoms with Crippen LogP contribution in [0, 0.1) is 17.8 Å². The number of rotatable bonds is 5. The van der Waals surface area contributed by atoms with E-state index in [9.17, 15) is 14.7 Å². The number of esters is 1. The van der Waals surface area contributed by atoms with Gasteiger partial charge in [-0.3, -0.25) is 4.79 Å². The van der Waals surface area contributed by atoms with Crippen molar-refractivity contribution in [2.45, 2.75) is 44.3 Å². The number of aliphatic hydroxyl groups is 1. The lowest BCUT2D eigenvalue weighted by molar-refractivity contribution is -0.131. The van der Waals surface area contributed by atoms with Crippen molar-refractivity contribution >= 4 is 11.9 Å². The van der Waals surface area contributed by atoms with Gasteiger partial charge in [0.2, 0.25) is 5.91 Å². The molecule has 4 atom stereocenters. The molecule has 0 aromatic heterocycles. The van der Waals surface area contributed by atoms with E-state index < -0.39 is 12.1 Å². The zero-order chi connectivity index (χ0) is 21.1. The fourth-order valence-electron chi connectivity index (χ4n) is 5.17. The van der Waals surface area contributed by atoms with E-state index in [1.54, 1.807) is 24.3 Å². The predicted molar refractivity (Wildman–Crippen MR) is 111 cm³/mol. The molecule has 2 saturated heterocycles. The van der Waals surface area contributed by atoms with Gasteiger partial charge in [-0.1, -0.05) is 6.07 Å². The van der Waals surface area contributed by atoms with Gasteiger partial charge in [0, 0.05) is 19.5 Å². The highest BCUT2D eigenvalue weighted by atomic mass is 16.5. The third kappa shape index (κ3) is 4.78. The summed E-state index contributed by atoms with van der Waals surface area (Å²) in [6.45, 7) is 3.51. The van der Waals surface area contributed by atoms with E-state index >= 15 is 0 Å². The van der Waals surface area contributed by atoms with Crippen molar-refractivity contribution in [3.8, 4) is 5.75 Å². The second-order valence-corrected chi connectivity index (χ2v) is 8.93. The molecular weight excluding hydrogens is 384 g/mol. The highest BCUT2D eigenvalue weighted by Crippen LogP contribution is 2.38. The Kier molecular flexibility index (Phi) is 6.58. The number of likely N-dealkylation sites (tertiary alicyclic amines) is 1. The number of carbonyl (C=O) groups is 2. The molecule has 3 fully saturated rings. The monoisotopic (exact) mass is 416 g/mol. The van der Waals surface area contributed by atoms with Crippen molar-refractivity contribution in [3.05, 3.63) is 29.8 Å². The van der Waals surface area contributed by atoms with Crippen LogP contribution in [0.1, 0.15) is 42.5 Å². The summed E-state index contributed by atoms with van der Waals surface area (Å²) in [5.74, 6) is 1.57. The van der Waals surface area contributed by atoms with Crippen molar-refractivity contribution in [1.29, 1.82) is 0 Å². The molecule has 1 aliphatic carbocycles. The molecule has 0 unspecified atom stereocenters. The summed E-state index contributed by atoms with van der Waals surface area (Å²) in [7, 11) is 1.35. The van der Waals surface area contributed by atoms with Gasteiger partial charge in [0.05, 0.1) is 18.8 Å². The van der Waals surface area contributed by atoms with E-state index in [1.165, 1.54) is 7.11 Å². The average Bonchev–Trinajstić information content (AvgIpc) is 3.17. The van der Waals surface area contributed by atoms with Crippen LogP contribution in [0.3, 0.4) is 0 Å². The summed E-state index contributed by atoms with van der Waals surface area (Å²) in [6, 6.07) is 6.86. The number of methoxy groups -OCH3 is 1. The molecule has 3 aliphatic rings. The molecule has 1 amide bonds. The number of hydrogen-bond acceptors (Lipinski definition) is 6. The largest absolute Gasteiger partial charge is 0.488 e. The Balaban J connectivity index is 1.34. The van der Waals surface area contributed by atoms with Crippen LogP contribution in [0.15, 0.2) is 24.3 Å². The number of amides is 1. The second-order valence-electron chi connectivity index (χ2n) is 8.93. The standard InChI is InChI=1S/C23H32N2O5/c1-29-23(28)16-3-2-4-19(10-16)30-21-12-18-14-25(13-17(18)11-20(21)26)22(27)9-15-5-7-24-8-6-15/h2-4,10,15,17-18,20-21,24,26H,5-9,11-14H2,1H3/t17-,18+,20+,21+/m0/s1. The van der Waals surface area contributed by atoms with Crippen LogP contribution in [0.5, 0.6) is 5.75 Å². The minimum Gasteiger partial charge on any atom is -0.488 e. The molecule has 0 bridgehead atoms. The van der Waals surface area contributed by atoms with Crippen molar-refractivity contribution in [2.24, 2.45) is 17.8 Å². The minimum atomic E-state index is -0.576. The van der Waals surface area contributed by atoms with Crippen LogP contribution < -0.4 is 10.1 Å². The Morgan fingerprint density at radius 3 is 2.63 bits per heavy atom. The lowest BCUT2D eigenvalue weighted by atomic mass is 9.78. The Bertz CT molecular complexity index is 764. The fourth-order valence-corrected chi connectivity index (χ4v) is 5.17. The smallest absolute Gasteiger partial charge is 0.337 e. The normalized spacial score (nSPS) is 29.3. The van der Waals surface area contributed by atoms with Crippen molar-refractivity contribution < 1.29 is 24.2 Å². The number of hydrogen-bond donors (Lipinski definition) is 2. The Morgan fingerprint density at radius 1 is 1.17 bits per heavy atom. The van der Waals surface area contributed by atoms with Gasteiger partial charge in [0.15, 0.2) is 0 Å². The molecule has 1 aromatic carbocycles. The van der Waals surface area contributed by atoms with Gasteiger partial charge in [-0.25, -0.2) is 4.79 Å². The number of nitrogens with one attached hydrogen (secondary N) is 1. The Morgan fingerprint density at radius 2 is 1.90 bits per heavy atom. The predicted octanol–water partition coefficient (Wildman–Crippen LogP) is 1.84. The molecule has 164 valence electrons. The summed E-state index contributed by atoms with van der Waals surface area (Å²) in [5, 5.41) is 14.0. The number of benzene rings is 1. The van der Waals surface area contributed by atoms with Gasteiger partial charge < -0.3 is 24.8 Å². The van der Waals surface area contributed by atoms with E-state index in [1.807, 2.05) is 4.90 Å². The van der Waals surface area contributed by atoms with E-state index in [2.05, 4.69) is 5.32 Å². The van der Waals surface area contributed by atoms with Gasteiger partial charge in [-0.05, 0) is 74.7 Å². The zero-order valence-corrected chi connectivity index (χ0v) is 17.6. The molecule has 1 saturated carbocycles. The maximum atomic E-state index is 12.8. The Labute approximate surface area is 177 Å². The molecule has 2 heterocycles. The van der Waals surface area contributed by atoms with Crippen molar-refractivity contribution in [2.75, 3.05) is 33.3 Å². The maximum Gasteiger partial charge on any atom is 0.337 e. The fraction of sp³-hybridized carbons (Fsp3) is 0.652. The zero-order valence-electron chi connectivity index (χ0n) is 17.6. The highest BCUT2D eigenvalue weighted by molar-refractivity contribution is 5.89. The van der Waals surface area contributed by atoms with E-state index in [0.717, 1.165) is 39.0 Å². The topological polar surface area (TPSA) is 88.1 Å². The third-order valence-corrected chi connectivity index (χ3v) is 6.90. The maximum absolute atomic E-state index is 12.8. The summed E-state index contributed by atoms with van der Waals surface area (Å²) in [5.41, 5.74) is 0.425. The molecule has 7 heteroatoms. The number of nitrogens with zero attached hydrogens (tertiary/aromatic N) is 1. The summed E-state index contributed by atoms with van der Waals surface area (Å²) in [4.78, 5) is 26.6. The van der Waals surface area contributed by atoms with E-state index in [0.29, 0.717) is 48.3 Å². The van der Waals surface area contributed by atoms with Crippen LogP contribution in [0.25, 0.3) is 0 Å². The molecule has 0 spiro atoms. The first-order valence-electron chi connectivity index (χ1n) is 11.0. The van der Waals surface area contributed by atoms with Gasteiger partial charge in [-0.2, -0.15) is 0 Å². The molecule has 7 nitrogen and oxygen atoms in total.